The van der Waals surface area contributed by atoms with E-state index in [1.54, 1.807) is 0 Å². The Kier molecular flexibility index (Phi) is 9.90. The highest BCUT2D eigenvalue weighted by molar-refractivity contribution is 5.72. The third-order valence-electron chi connectivity index (χ3n) is 5.74. The summed E-state index contributed by atoms with van der Waals surface area (Å²) in [6.45, 7) is 9.66. The Bertz CT molecular complexity index is 326. The van der Waals surface area contributed by atoms with E-state index in [2.05, 4.69) is 27.7 Å². The molecular weight excluding hydrogens is 284 g/mol. The van der Waals surface area contributed by atoms with Crippen LogP contribution in [0.2, 0.25) is 0 Å². The maximum atomic E-state index is 12.5. The Morgan fingerprint density at radius 1 is 1.00 bits per heavy atom. The van der Waals surface area contributed by atoms with Crippen LogP contribution in [0.4, 0.5) is 0 Å². The summed E-state index contributed by atoms with van der Waals surface area (Å²) in [5.41, 5.74) is 0.178. The molecule has 3 unspecified atom stereocenters. The molecule has 0 aromatic carbocycles. The smallest absolute Gasteiger partial charge is 0.309 e. The topological polar surface area (TPSA) is 26.3 Å². The highest BCUT2D eigenvalue weighted by Crippen LogP contribution is 2.34. The third kappa shape index (κ3) is 7.72. The van der Waals surface area contributed by atoms with Gasteiger partial charge in [0, 0.05) is 5.41 Å². The fourth-order valence-electron chi connectivity index (χ4n) is 3.87. The number of hydrogen-bond donors (Lipinski definition) is 0. The van der Waals surface area contributed by atoms with Gasteiger partial charge in [0.25, 0.3) is 0 Å². The zero-order valence-electron chi connectivity index (χ0n) is 16.2. The highest BCUT2D eigenvalue weighted by atomic mass is 16.5. The minimum absolute atomic E-state index is 0.0773. The van der Waals surface area contributed by atoms with Gasteiger partial charge in [-0.15, -0.1) is 0 Å². The number of ether oxygens (including phenoxy) is 1. The Balaban J connectivity index is 2.46. The van der Waals surface area contributed by atoms with E-state index < -0.39 is 0 Å². The van der Waals surface area contributed by atoms with E-state index in [0.29, 0.717) is 12.5 Å². The van der Waals surface area contributed by atoms with E-state index in [1.165, 1.54) is 70.6 Å². The molecule has 1 fully saturated rings. The van der Waals surface area contributed by atoms with Crippen LogP contribution in [0.15, 0.2) is 0 Å². The van der Waals surface area contributed by atoms with Crippen LogP contribution in [-0.4, -0.2) is 12.6 Å². The second kappa shape index (κ2) is 11.1. The maximum absolute atomic E-state index is 12.5. The predicted molar refractivity (Wildman–Crippen MR) is 98.5 cm³/mol. The van der Waals surface area contributed by atoms with Gasteiger partial charge in [-0.25, -0.2) is 0 Å². The van der Waals surface area contributed by atoms with Crippen molar-refractivity contribution in [3.8, 4) is 0 Å². The summed E-state index contributed by atoms with van der Waals surface area (Å²) in [7, 11) is 0. The van der Waals surface area contributed by atoms with Gasteiger partial charge >= 0.3 is 5.97 Å². The van der Waals surface area contributed by atoms with E-state index in [-0.39, 0.29) is 17.3 Å². The van der Waals surface area contributed by atoms with Crippen LogP contribution in [0.3, 0.4) is 0 Å². The zero-order chi connectivity index (χ0) is 17.1. The molecule has 0 heterocycles. The summed E-state index contributed by atoms with van der Waals surface area (Å²) >= 11 is 0. The van der Waals surface area contributed by atoms with Crippen LogP contribution in [0.25, 0.3) is 0 Å². The van der Waals surface area contributed by atoms with E-state index in [1.807, 2.05) is 0 Å². The number of carbonyl (C=O) groups excluding carboxylic acids is 1. The molecule has 23 heavy (non-hydrogen) atoms. The number of carbonyl (C=O) groups is 1. The second-order valence-corrected chi connectivity index (χ2v) is 8.20. The van der Waals surface area contributed by atoms with E-state index in [0.717, 1.165) is 6.42 Å². The fourth-order valence-corrected chi connectivity index (χ4v) is 3.87. The summed E-state index contributed by atoms with van der Waals surface area (Å²) < 4.78 is 5.83. The zero-order valence-corrected chi connectivity index (χ0v) is 16.2. The third-order valence-corrected chi connectivity index (χ3v) is 5.74. The average molecular weight is 325 g/mol. The van der Waals surface area contributed by atoms with Crippen LogP contribution < -0.4 is 0 Å². The first-order valence-corrected chi connectivity index (χ1v) is 10.2. The second-order valence-electron chi connectivity index (χ2n) is 8.20. The molecular formula is C21H40O2. The van der Waals surface area contributed by atoms with Crippen molar-refractivity contribution in [2.24, 2.45) is 17.3 Å². The SMILES string of the molecule is CCCCCCC(C)(CCCC)COC(=O)C1CCCCC1C. The maximum Gasteiger partial charge on any atom is 0.309 e. The molecule has 0 saturated heterocycles. The van der Waals surface area contributed by atoms with Crippen molar-refractivity contribution >= 4 is 5.97 Å². The molecule has 0 bridgehead atoms. The van der Waals surface area contributed by atoms with Crippen molar-refractivity contribution in [3.05, 3.63) is 0 Å². The quantitative estimate of drug-likeness (QED) is 0.319. The van der Waals surface area contributed by atoms with Crippen LogP contribution in [0.1, 0.15) is 105 Å². The molecule has 0 amide bonds. The summed E-state index contributed by atoms with van der Waals surface area (Å²) in [5, 5.41) is 0. The van der Waals surface area contributed by atoms with E-state index >= 15 is 0 Å². The summed E-state index contributed by atoms with van der Waals surface area (Å²) in [6, 6.07) is 0. The van der Waals surface area contributed by atoms with Crippen LogP contribution >= 0.6 is 0 Å². The first kappa shape index (κ1) is 20.5. The number of esters is 1. The minimum atomic E-state index is 0.0773. The lowest BCUT2D eigenvalue weighted by Crippen LogP contribution is -2.31. The van der Waals surface area contributed by atoms with Crippen molar-refractivity contribution in [2.75, 3.05) is 6.61 Å². The first-order chi connectivity index (χ1) is 11.0. The van der Waals surface area contributed by atoms with Crippen molar-refractivity contribution in [1.29, 1.82) is 0 Å². The van der Waals surface area contributed by atoms with Crippen molar-refractivity contribution in [3.63, 3.8) is 0 Å². The molecule has 0 N–H and O–H groups in total. The molecule has 0 aromatic rings. The molecule has 1 rings (SSSR count). The van der Waals surface area contributed by atoms with E-state index in [4.69, 9.17) is 4.74 Å². The van der Waals surface area contributed by atoms with Gasteiger partial charge in [0.1, 0.15) is 0 Å². The highest BCUT2D eigenvalue weighted by Gasteiger charge is 2.31. The van der Waals surface area contributed by atoms with Gasteiger partial charge in [0.05, 0.1) is 12.5 Å². The molecule has 2 nitrogen and oxygen atoms in total. The molecule has 0 aromatic heterocycles. The molecule has 0 radical (unpaired) electrons. The van der Waals surface area contributed by atoms with Gasteiger partial charge in [0.15, 0.2) is 0 Å². The lowest BCUT2D eigenvalue weighted by atomic mass is 9.79. The van der Waals surface area contributed by atoms with E-state index in [9.17, 15) is 4.79 Å². The van der Waals surface area contributed by atoms with Gasteiger partial charge in [-0.05, 0) is 31.6 Å². The molecule has 136 valence electrons. The number of unbranched alkanes of at least 4 members (excludes halogenated alkanes) is 4. The number of rotatable bonds is 11. The molecule has 0 spiro atoms. The molecule has 0 aliphatic heterocycles. The molecule has 1 aliphatic carbocycles. The lowest BCUT2D eigenvalue weighted by molar-refractivity contribution is -0.155. The Hall–Kier alpha value is -0.530. The molecule has 3 atom stereocenters. The largest absolute Gasteiger partial charge is 0.465 e. The van der Waals surface area contributed by atoms with Gasteiger partial charge in [0.2, 0.25) is 0 Å². The molecule has 1 saturated carbocycles. The number of hydrogen-bond acceptors (Lipinski definition) is 2. The monoisotopic (exact) mass is 324 g/mol. The molecule has 2 heteroatoms. The fraction of sp³-hybridized carbons (Fsp3) is 0.952. The summed E-state index contributed by atoms with van der Waals surface area (Å²) in [6.07, 6.45) is 14.7. The van der Waals surface area contributed by atoms with Gasteiger partial charge in [-0.2, -0.15) is 0 Å². The van der Waals surface area contributed by atoms with Gasteiger partial charge in [-0.3, -0.25) is 4.79 Å². The Morgan fingerprint density at radius 3 is 2.30 bits per heavy atom. The Labute approximate surface area is 144 Å². The summed E-state index contributed by atoms with van der Waals surface area (Å²) in [4.78, 5) is 12.5. The van der Waals surface area contributed by atoms with Crippen molar-refractivity contribution in [1.82, 2.24) is 0 Å². The lowest BCUT2D eigenvalue weighted by Gasteiger charge is -2.32. The van der Waals surface area contributed by atoms with Crippen LogP contribution in [0, 0.1) is 17.3 Å². The van der Waals surface area contributed by atoms with Gasteiger partial charge < -0.3 is 4.74 Å². The standard InChI is InChI=1S/C21H40O2/c1-5-7-9-12-16-21(4,15-8-6-2)17-23-20(22)19-14-11-10-13-18(19)3/h18-19H,5-17H2,1-4H3. The summed E-state index contributed by atoms with van der Waals surface area (Å²) in [5.74, 6) is 0.732. The van der Waals surface area contributed by atoms with Crippen molar-refractivity contribution < 1.29 is 9.53 Å². The van der Waals surface area contributed by atoms with Crippen molar-refractivity contribution in [2.45, 2.75) is 105 Å². The molecule has 1 aliphatic rings. The predicted octanol–water partition coefficient (Wildman–Crippen LogP) is 6.52. The van der Waals surface area contributed by atoms with Crippen LogP contribution in [-0.2, 0) is 9.53 Å². The first-order valence-electron chi connectivity index (χ1n) is 10.2. The average Bonchev–Trinajstić information content (AvgIpc) is 2.55. The van der Waals surface area contributed by atoms with Crippen LogP contribution in [0.5, 0.6) is 0 Å². The minimum Gasteiger partial charge on any atom is -0.465 e. The normalized spacial score (nSPS) is 24.2. The Morgan fingerprint density at radius 2 is 1.65 bits per heavy atom. The van der Waals surface area contributed by atoms with Gasteiger partial charge in [-0.1, -0.05) is 79.1 Å².